The number of pyridine rings is 1. The second-order valence-electron chi connectivity index (χ2n) is 5.34. The Hall–Kier alpha value is -1.71. The van der Waals surface area contributed by atoms with E-state index in [4.69, 9.17) is 0 Å². The van der Waals surface area contributed by atoms with Crippen LogP contribution in [0.1, 0.15) is 18.4 Å². The van der Waals surface area contributed by atoms with Gasteiger partial charge in [-0.15, -0.1) is 0 Å². The van der Waals surface area contributed by atoms with E-state index in [-0.39, 0.29) is 6.61 Å². The molecular formula is C17H20N2O. The quantitative estimate of drug-likeness (QED) is 0.875. The second kappa shape index (κ2) is 6.16. The molecule has 1 aliphatic rings. The third-order valence-electron chi connectivity index (χ3n) is 3.72. The SMILES string of the molecule is OCCN(Cc1cccc(-c2ccccn2)c1)C1CC1. The molecule has 0 saturated heterocycles. The summed E-state index contributed by atoms with van der Waals surface area (Å²) in [5.74, 6) is 0. The highest BCUT2D eigenvalue weighted by molar-refractivity contribution is 5.59. The fourth-order valence-corrected chi connectivity index (χ4v) is 2.56. The molecule has 0 amide bonds. The van der Waals surface area contributed by atoms with Crippen molar-refractivity contribution in [1.29, 1.82) is 0 Å². The number of hydrogen-bond acceptors (Lipinski definition) is 3. The number of aliphatic hydroxyl groups excluding tert-OH is 1. The summed E-state index contributed by atoms with van der Waals surface area (Å²) in [6.07, 6.45) is 4.35. The first-order valence-corrected chi connectivity index (χ1v) is 7.22. The molecular weight excluding hydrogens is 248 g/mol. The van der Waals surface area contributed by atoms with Crippen LogP contribution in [0.4, 0.5) is 0 Å². The first-order chi connectivity index (χ1) is 9.86. The number of rotatable bonds is 6. The Morgan fingerprint density at radius 3 is 2.75 bits per heavy atom. The summed E-state index contributed by atoms with van der Waals surface area (Å²) in [6, 6.07) is 15.2. The van der Waals surface area contributed by atoms with E-state index in [1.54, 1.807) is 0 Å². The zero-order valence-electron chi connectivity index (χ0n) is 11.6. The van der Waals surface area contributed by atoms with Gasteiger partial charge in [-0.3, -0.25) is 9.88 Å². The van der Waals surface area contributed by atoms with Crippen molar-refractivity contribution in [2.45, 2.75) is 25.4 Å². The summed E-state index contributed by atoms with van der Waals surface area (Å²) in [5, 5.41) is 9.17. The van der Waals surface area contributed by atoms with Gasteiger partial charge in [0.05, 0.1) is 12.3 Å². The number of nitrogens with zero attached hydrogens (tertiary/aromatic N) is 2. The summed E-state index contributed by atoms with van der Waals surface area (Å²) in [5.41, 5.74) is 3.45. The molecule has 2 aromatic rings. The molecule has 1 saturated carbocycles. The van der Waals surface area contributed by atoms with Crippen LogP contribution in [0.15, 0.2) is 48.7 Å². The number of aromatic nitrogens is 1. The van der Waals surface area contributed by atoms with Gasteiger partial charge in [0.25, 0.3) is 0 Å². The fourth-order valence-electron chi connectivity index (χ4n) is 2.56. The van der Waals surface area contributed by atoms with Gasteiger partial charge in [0.15, 0.2) is 0 Å². The van der Waals surface area contributed by atoms with Gasteiger partial charge in [0, 0.05) is 30.9 Å². The Morgan fingerprint density at radius 2 is 2.05 bits per heavy atom. The molecule has 3 rings (SSSR count). The minimum atomic E-state index is 0.233. The number of aliphatic hydroxyl groups is 1. The Balaban J connectivity index is 1.77. The molecule has 0 spiro atoms. The monoisotopic (exact) mass is 268 g/mol. The normalized spacial score (nSPS) is 14.7. The predicted molar refractivity (Wildman–Crippen MR) is 80.2 cm³/mol. The van der Waals surface area contributed by atoms with E-state index >= 15 is 0 Å². The van der Waals surface area contributed by atoms with Crippen LogP contribution >= 0.6 is 0 Å². The van der Waals surface area contributed by atoms with Gasteiger partial charge < -0.3 is 5.11 Å². The summed E-state index contributed by atoms with van der Waals surface area (Å²) >= 11 is 0. The van der Waals surface area contributed by atoms with Crippen LogP contribution in [0.2, 0.25) is 0 Å². The van der Waals surface area contributed by atoms with Crippen molar-refractivity contribution in [3.8, 4) is 11.3 Å². The molecule has 104 valence electrons. The van der Waals surface area contributed by atoms with Crippen LogP contribution in [0, 0.1) is 0 Å². The molecule has 0 aliphatic heterocycles. The van der Waals surface area contributed by atoms with Gasteiger partial charge in [-0.25, -0.2) is 0 Å². The first-order valence-electron chi connectivity index (χ1n) is 7.22. The predicted octanol–water partition coefficient (Wildman–Crippen LogP) is 2.71. The Labute approximate surface area is 119 Å². The van der Waals surface area contributed by atoms with Crippen molar-refractivity contribution >= 4 is 0 Å². The first kappa shape index (κ1) is 13.3. The van der Waals surface area contributed by atoms with Crippen molar-refractivity contribution < 1.29 is 5.11 Å². The summed E-state index contributed by atoms with van der Waals surface area (Å²) in [4.78, 5) is 6.77. The molecule has 1 heterocycles. The molecule has 1 fully saturated rings. The van der Waals surface area contributed by atoms with Crippen LogP contribution in [0.25, 0.3) is 11.3 Å². The van der Waals surface area contributed by atoms with E-state index in [0.717, 1.165) is 24.3 Å². The molecule has 0 radical (unpaired) electrons. The van der Waals surface area contributed by atoms with E-state index < -0.39 is 0 Å². The average molecular weight is 268 g/mol. The van der Waals surface area contributed by atoms with E-state index in [2.05, 4.69) is 34.1 Å². The van der Waals surface area contributed by atoms with Gasteiger partial charge in [-0.05, 0) is 36.6 Å². The molecule has 3 nitrogen and oxygen atoms in total. The average Bonchev–Trinajstić information content (AvgIpc) is 3.33. The van der Waals surface area contributed by atoms with Crippen LogP contribution in [0.3, 0.4) is 0 Å². The fraction of sp³-hybridized carbons (Fsp3) is 0.353. The van der Waals surface area contributed by atoms with Crippen molar-refractivity contribution in [2.24, 2.45) is 0 Å². The standard InChI is InChI=1S/C17H20N2O/c20-11-10-19(16-7-8-16)13-14-4-3-5-15(12-14)17-6-1-2-9-18-17/h1-6,9,12,16,20H,7-8,10-11,13H2. The zero-order valence-corrected chi connectivity index (χ0v) is 11.6. The van der Waals surface area contributed by atoms with Gasteiger partial charge >= 0.3 is 0 Å². The Kier molecular flexibility index (Phi) is 4.09. The number of hydrogen-bond donors (Lipinski definition) is 1. The van der Waals surface area contributed by atoms with Gasteiger partial charge in [-0.1, -0.05) is 24.3 Å². The van der Waals surface area contributed by atoms with Crippen molar-refractivity contribution in [2.75, 3.05) is 13.2 Å². The van der Waals surface area contributed by atoms with Crippen LogP contribution < -0.4 is 0 Å². The van der Waals surface area contributed by atoms with Crippen LogP contribution in [0.5, 0.6) is 0 Å². The van der Waals surface area contributed by atoms with Crippen molar-refractivity contribution in [3.05, 3.63) is 54.2 Å². The molecule has 0 unspecified atom stereocenters. The Morgan fingerprint density at radius 1 is 1.15 bits per heavy atom. The minimum absolute atomic E-state index is 0.233. The smallest absolute Gasteiger partial charge is 0.0702 e. The van der Waals surface area contributed by atoms with Crippen molar-refractivity contribution in [3.63, 3.8) is 0 Å². The maximum absolute atomic E-state index is 9.17. The van der Waals surface area contributed by atoms with E-state index in [9.17, 15) is 5.11 Å². The zero-order chi connectivity index (χ0) is 13.8. The van der Waals surface area contributed by atoms with Gasteiger partial charge in [0.2, 0.25) is 0 Å². The van der Waals surface area contributed by atoms with Crippen LogP contribution in [-0.2, 0) is 6.54 Å². The molecule has 20 heavy (non-hydrogen) atoms. The van der Waals surface area contributed by atoms with Gasteiger partial charge in [0.1, 0.15) is 0 Å². The second-order valence-corrected chi connectivity index (χ2v) is 5.34. The van der Waals surface area contributed by atoms with E-state index in [1.165, 1.54) is 18.4 Å². The highest BCUT2D eigenvalue weighted by Gasteiger charge is 2.28. The molecule has 1 aromatic carbocycles. The third kappa shape index (κ3) is 3.24. The lowest BCUT2D eigenvalue weighted by Gasteiger charge is -2.21. The Bertz CT molecular complexity index is 552. The highest BCUT2D eigenvalue weighted by Crippen LogP contribution is 2.28. The summed E-state index contributed by atoms with van der Waals surface area (Å²) in [7, 11) is 0. The lowest BCUT2D eigenvalue weighted by molar-refractivity contribution is 0.183. The maximum atomic E-state index is 9.17. The van der Waals surface area contributed by atoms with Gasteiger partial charge in [-0.2, -0.15) is 0 Å². The maximum Gasteiger partial charge on any atom is 0.0702 e. The number of benzene rings is 1. The van der Waals surface area contributed by atoms with E-state index in [0.29, 0.717) is 6.04 Å². The molecule has 0 bridgehead atoms. The molecule has 1 N–H and O–H groups in total. The van der Waals surface area contributed by atoms with Crippen LogP contribution in [-0.4, -0.2) is 34.2 Å². The third-order valence-corrected chi connectivity index (χ3v) is 3.72. The molecule has 1 aliphatic carbocycles. The summed E-state index contributed by atoms with van der Waals surface area (Å²) in [6.45, 7) is 1.90. The van der Waals surface area contributed by atoms with E-state index in [1.807, 2.05) is 24.4 Å². The lowest BCUT2D eigenvalue weighted by atomic mass is 10.1. The summed E-state index contributed by atoms with van der Waals surface area (Å²) < 4.78 is 0. The highest BCUT2D eigenvalue weighted by atomic mass is 16.3. The lowest BCUT2D eigenvalue weighted by Crippen LogP contribution is -2.28. The molecule has 1 aromatic heterocycles. The molecule has 0 atom stereocenters. The topological polar surface area (TPSA) is 36.4 Å². The largest absolute Gasteiger partial charge is 0.395 e. The minimum Gasteiger partial charge on any atom is -0.395 e. The molecule has 3 heteroatoms. The van der Waals surface area contributed by atoms with Crippen molar-refractivity contribution in [1.82, 2.24) is 9.88 Å².